The molecule has 0 bridgehead atoms. The molecule has 3 aromatic carbocycles. The van der Waals surface area contributed by atoms with Crippen LogP contribution in [0.1, 0.15) is 10.4 Å². The molecule has 0 radical (unpaired) electrons. The Balaban J connectivity index is 1.26. The van der Waals surface area contributed by atoms with Gasteiger partial charge in [-0.05, 0) is 36.4 Å². The van der Waals surface area contributed by atoms with Crippen molar-refractivity contribution in [2.45, 2.75) is 0 Å². The zero-order valence-electron chi connectivity index (χ0n) is 17.1. The molecule has 0 unspecified atom stereocenters. The Morgan fingerprint density at radius 3 is 2.47 bits per heavy atom. The van der Waals surface area contributed by atoms with Crippen LogP contribution in [0.2, 0.25) is 0 Å². The molecule has 32 heavy (non-hydrogen) atoms. The van der Waals surface area contributed by atoms with Crippen molar-refractivity contribution in [1.82, 2.24) is 0 Å². The lowest BCUT2D eigenvalue weighted by Gasteiger charge is -2.12. The van der Waals surface area contributed by atoms with Gasteiger partial charge >= 0.3 is 5.97 Å². The minimum absolute atomic E-state index is 0.143. The zero-order valence-corrected chi connectivity index (χ0v) is 17.1. The molecule has 0 aliphatic carbocycles. The van der Waals surface area contributed by atoms with Gasteiger partial charge in [-0.1, -0.05) is 30.3 Å². The van der Waals surface area contributed by atoms with Gasteiger partial charge in [0.05, 0.1) is 0 Å². The number of nitrogens with one attached hydrogen (secondary N) is 1. The van der Waals surface area contributed by atoms with Crippen molar-refractivity contribution < 1.29 is 33.3 Å². The highest BCUT2D eigenvalue weighted by Gasteiger charge is 2.17. The van der Waals surface area contributed by atoms with E-state index in [9.17, 15) is 9.59 Å². The number of hydrogen-bond donors (Lipinski definition) is 1. The lowest BCUT2D eigenvalue weighted by atomic mass is 10.2. The van der Waals surface area contributed by atoms with Crippen LogP contribution in [0.5, 0.6) is 23.0 Å². The van der Waals surface area contributed by atoms with Crippen LogP contribution in [0.25, 0.3) is 0 Å². The third-order valence-corrected chi connectivity index (χ3v) is 4.45. The van der Waals surface area contributed by atoms with Gasteiger partial charge < -0.3 is 29.0 Å². The maximum Gasteiger partial charge on any atom is 0.342 e. The van der Waals surface area contributed by atoms with Crippen LogP contribution in [0.3, 0.4) is 0 Å². The van der Waals surface area contributed by atoms with E-state index in [1.165, 1.54) is 0 Å². The van der Waals surface area contributed by atoms with Crippen molar-refractivity contribution >= 4 is 17.6 Å². The van der Waals surface area contributed by atoms with Crippen molar-refractivity contribution in [3.05, 3.63) is 78.4 Å². The summed E-state index contributed by atoms with van der Waals surface area (Å²) in [7, 11) is 0. The third kappa shape index (κ3) is 5.48. The quantitative estimate of drug-likeness (QED) is 0.405. The largest absolute Gasteiger partial charge is 0.490 e. The first kappa shape index (κ1) is 21.0. The molecule has 4 rings (SSSR count). The van der Waals surface area contributed by atoms with Crippen LogP contribution >= 0.6 is 0 Å². The first-order valence-electron chi connectivity index (χ1n) is 9.95. The van der Waals surface area contributed by atoms with E-state index >= 15 is 0 Å². The second-order valence-electron chi connectivity index (χ2n) is 6.70. The predicted molar refractivity (Wildman–Crippen MR) is 115 cm³/mol. The lowest BCUT2D eigenvalue weighted by molar-refractivity contribution is -0.119. The summed E-state index contributed by atoms with van der Waals surface area (Å²) in [4.78, 5) is 24.7. The van der Waals surface area contributed by atoms with E-state index in [2.05, 4.69) is 5.32 Å². The van der Waals surface area contributed by atoms with Gasteiger partial charge in [0.15, 0.2) is 18.1 Å². The number of para-hydroxylation sites is 2. The van der Waals surface area contributed by atoms with E-state index in [4.69, 9.17) is 23.7 Å². The van der Waals surface area contributed by atoms with E-state index in [1.807, 2.05) is 30.3 Å². The first-order valence-corrected chi connectivity index (χ1v) is 9.95. The molecular formula is C24H21NO7. The Morgan fingerprint density at radius 2 is 1.59 bits per heavy atom. The lowest BCUT2D eigenvalue weighted by Crippen LogP contribution is -2.21. The molecule has 1 N–H and O–H groups in total. The number of carbonyl (C=O) groups excluding carboxylic acids is 2. The summed E-state index contributed by atoms with van der Waals surface area (Å²) in [5.74, 6) is 1.10. The number of anilines is 1. The summed E-state index contributed by atoms with van der Waals surface area (Å²) in [5, 5.41) is 2.65. The van der Waals surface area contributed by atoms with Crippen LogP contribution in [0.4, 0.5) is 5.69 Å². The molecule has 164 valence electrons. The molecule has 1 amide bonds. The molecule has 0 atom stereocenters. The normalized spacial score (nSPS) is 11.5. The number of rotatable bonds is 9. The minimum Gasteiger partial charge on any atom is -0.490 e. The van der Waals surface area contributed by atoms with Gasteiger partial charge in [0.25, 0.3) is 5.91 Å². The fourth-order valence-corrected chi connectivity index (χ4v) is 2.97. The van der Waals surface area contributed by atoms with E-state index < -0.39 is 18.5 Å². The van der Waals surface area contributed by atoms with Gasteiger partial charge in [-0.15, -0.1) is 0 Å². The molecule has 1 heterocycles. The summed E-state index contributed by atoms with van der Waals surface area (Å²) in [6, 6.07) is 21.0. The van der Waals surface area contributed by atoms with Crippen molar-refractivity contribution in [3.63, 3.8) is 0 Å². The third-order valence-electron chi connectivity index (χ3n) is 4.45. The summed E-state index contributed by atoms with van der Waals surface area (Å²) in [6.45, 7) is 0.248. The van der Waals surface area contributed by atoms with Crippen molar-refractivity contribution in [3.8, 4) is 23.0 Å². The van der Waals surface area contributed by atoms with E-state index in [0.29, 0.717) is 29.5 Å². The summed E-state index contributed by atoms with van der Waals surface area (Å²) < 4.78 is 26.9. The summed E-state index contributed by atoms with van der Waals surface area (Å²) in [5.41, 5.74) is 0.737. The molecule has 0 fully saturated rings. The average molecular weight is 435 g/mol. The molecular weight excluding hydrogens is 414 g/mol. The van der Waals surface area contributed by atoms with Gasteiger partial charge in [-0.3, -0.25) is 4.79 Å². The van der Waals surface area contributed by atoms with E-state index in [0.717, 1.165) is 5.75 Å². The Labute approximate surface area is 184 Å². The Hall–Kier alpha value is -4.20. The molecule has 0 spiro atoms. The van der Waals surface area contributed by atoms with Crippen LogP contribution in [0, 0.1) is 0 Å². The predicted octanol–water partition coefficient (Wildman–Crippen LogP) is 3.67. The fourth-order valence-electron chi connectivity index (χ4n) is 2.97. The van der Waals surface area contributed by atoms with E-state index in [-0.39, 0.29) is 19.0 Å². The number of amides is 1. The highest BCUT2D eigenvalue weighted by atomic mass is 16.7. The highest BCUT2D eigenvalue weighted by molar-refractivity contribution is 5.96. The number of ether oxygens (including phenoxy) is 5. The van der Waals surface area contributed by atoms with Gasteiger partial charge in [0, 0.05) is 11.8 Å². The van der Waals surface area contributed by atoms with Gasteiger partial charge in [0.1, 0.15) is 30.3 Å². The molecule has 8 nitrogen and oxygen atoms in total. The van der Waals surface area contributed by atoms with Crippen LogP contribution in [0.15, 0.2) is 72.8 Å². The number of benzene rings is 3. The van der Waals surface area contributed by atoms with E-state index in [1.54, 1.807) is 42.5 Å². The minimum atomic E-state index is -0.662. The van der Waals surface area contributed by atoms with Crippen LogP contribution < -0.4 is 24.3 Å². The smallest absolute Gasteiger partial charge is 0.342 e. The number of carbonyl (C=O) groups is 2. The topological polar surface area (TPSA) is 92.3 Å². The SMILES string of the molecule is O=C(COC(=O)c1ccccc1OCCOc1ccccc1)Nc1ccc2c(c1)OCO2. The first-order chi connectivity index (χ1) is 15.7. The number of fused-ring (bicyclic) bond motifs is 1. The monoisotopic (exact) mass is 435 g/mol. The fraction of sp³-hybridized carbons (Fsp3) is 0.167. The molecule has 1 aliphatic rings. The molecule has 0 saturated heterocycles. The molecule has 1 aliphatic heterocycles. The molecule has 0 saturated carbocycles. The maximum atomic E-state index is 12.5. The maximum absolute atomic E-state index is 12.5. The second kappa shape index (κ2) is 10.2. The zero-order chi connectivity index (χ0) is 22.2. The van der Waals surface area contributed by atoms with Crippen molar-refractivity contribution in [1.29, 1.82) is 0 Å². The molecule has 8 heteroatoms. The Kier molecular flexibility index (Phi) is 6.72. The van der Waals surface area contributed by atoms with Gasteiger partial charge in [0.2, 0.25) is 6.79 Å². The van der Waals surface area contributed by atoms with Gasteiger partial charge in [-0.25, -0.2) is 4.79 Å². The molecule has 3 aromatic rings. The molecule has 0 aromatic heterocycles. The van der Waals surface area contributed by atoms with Crippen molar-refractivity contribution in [2.75, 3.05) is 31.9 Å². The standard InChI is InChI=1S/C24H21NO7/c26-23(25-17-10-11-21-22(14-17)32-16-31-21)15-30-24(27)19-8-4-5-9-20(19)29-13-12-28-18-6-2-1-3-7-18/h1-11,14H,12-13,15-16H2,(H,25,26). The Bertz CT molecular complexity index is 1080. The van der Waals surface area contributed by atoms with Crippen molar-refractivity contribution in [2.24, 2.45) is 0 Å². The average Bonchev–Trinajstić information content (AvgIpc) is 3.29. The Morgan fingerprint density at radius 1 is 0.844 bits per heavy atom. The summed E-state index contributed by atoms with van der Waals surface area (Å²) >= 11 is 0. The highest BCUT2D eigenvalue weighted by Crippen LogP contribution is 2.34. The number of esters is 1. The number of hydrogen-bond acceptors (Lipinski definition) is 7. The van der Waals surface area contributed by atoms with Gasteiger partial charge in [-0.2, -0.15) is 0 Å². The van der Waals surface area contributed by atoms with Crippen LogP contribution in [-0.2, 0) is 9.53 Å². The second-order valence-corrected chi connectivity index (χ2v) is 6.70. The van der Waals surface area contributed by atoms with Crippen LogP contribution in [-0.4, -0.2) is 38.5 Å². The summed E-state index contributed by atoms with van der Waals surface area (Å²) in [6.07, 6.45) is 0.